The lowest BCUT2D eigenvalue weighted by molar-refractivity contribution is 0.286. The predicted molar refractivity (Wildman–Crippen MR) is 139 cm³/mol. The minimum atomic E-state index is 0.185. The molecular formula is C27H25N5OS. The molecule has 0 unspecified atom stereocenters. The van der Waals surface area contributed by atoms with Gasteiger partial charge in [-0.25, -0.2) is 4.98 Å². The first kappa shape index (κ1) is 22.1. The Morgan fingerprint density at radius 1 is 1.15 bits per heavy atom. The van der Waals surface area contributed by atoms with Crippen LogP contribution in [-0.2, 0) is 6.54 Å². The Kier molecular flexibility index (Phi) is 6.28. The summed E-state index contributed by atoms with van der Waals surface area (Å²) in [6, 6.07) is 18.9. The normalized spacial score (nSPS) is 11.2. The lowest BCUT2D eigenvalue weighted by atomic mass is 10.0. The number of nitrogens with zero attached hydrogens (tertiary/aromatic N) is 2. The predicted octanol–water partition coefficient (Wildman–Crippen LogP) is 5.84. The Balaban J connectivity index is 1.55. The van der Waals surface area contributed by atoms with E-state index in [2.05, 4.69) is 57.9 Å². The molecule has 3 heterocycles. The van der Waals surface area contributed by atoms with Crippen molar-refractivity contribution in [3.63, 3.8) is 0 Å². The van der Waals surface area contributed by atoms with Gasteiger partial charge in [-0.1, -0.05) is 24.3 Å². The molecule has 7 heteroatoms. The number of aliphatic hydroxyl groups excluding tert-OH is 1. The third-order valence-corrected chi connectivity index (χ3v) is 7.13. The van der Waals surface area contributed by atoms with Crippen LogP contribution in [0.1, 0.15) is 23.1 Å². The molecule has 0 aliphatic carbocycles. The fraction of sp³-hybridized carbons (Fsp3) is 0.185. The van der Waals surface area contributed by atoms with Gasteiger partial charge >= 0.3 is 0 Å². The molecule has 0 aliphatic heterocycles. The van der Waals surface area contributed by atoms with Crippen molar-refractivity contribution in [2.45, 2.75) is 19.9 Å². The fourth-order valence-electron chi connectivity index (χ4n) is 4.24. The second-order valence-electron chi connectivity index (χ2n) is 8.20. The molecule has 34 heavy (non-hydrogen) atoms. The van der Waals surface area contributed by atoms with Crippen LogP contribution in [0.5, 0.6) is 0 Å². The first-order chi connectivity index (χ1) is 16.7. The number of aliphatic hydroxyl groups is 1. The highest BCUT2D eigenvalue weighted by Gasteiger charge is 2.16. The SMILES string of the molecule is Cc1c(Nc2c(C#N)cnc3sc(-c4ccccc4CNCCCO)cc23)ccc2[nH]ccc12. The molecule has 0 amide bonds. The van der Waals surface area contributed by atoms with Crippen molar-refractivity contribution >= 4 is 43.8 Å². The van der Waals surface area contributed by atoms with Crippen molar-refractivity contribution in [1.29, 1.82) is 5.26 Å². The fourth-order valence-corrected chi connectivity index (χ4v) is 5.31. The first-order valence-corrected chi connectivity index (χ1v) is 12.1. The molecule has 0 fully saturated rings. The molecule has 5 rings (SSSR count). The highest BCUT2D eigenvalue weighted by atomic mass is 32.1. The van der Waals surface area contributed by atoms with Crippen LogP contribution in [0.4, 0.5) is 11.4 Å². The van der Waals surface area contributed by atoms with E-state index in [1.165, 1.54) is 5.56 Å². The van der Waals surface area contributed by atoms with E-state index in [-0.39, 0.29) is 6.61 Å². The molecule has 0 saturated carbocycles. The number of pyridine rings is 1. The van der Waals surface area contributed by atoms with Gasteiger partial charge in [-0.2, -0.15) is 5.26 Å². The Morgan fingerprint density at radius 3 is 2.88 bits per heavy atom. The van der Waals surface area contributed by atoms with Crippen molar-refractivity contribution in [3.8, 4) is 16.5 Å². The summed E-state index contributed by atoms with van der Waals surface area (Å²) >= 11 is 1.63. The van der Waals surface area contributed by atoms with E-state index in [1.54, 1.807) is 17.5 Å². The summed E-state index contributed by atoms with van der Waals surface area (Å²) in [4.78, 5) is 9.83. The van der Waals surface area contributed by atoms with Gasteiger partial charge in [0.1, 0.15) is 10.9 Å². The zero-order chi connectivity index (χ0) is 23.5. The largest absolute Gasteiger partial charge is 0.396 e. The number of rotatable bonds is 8. The molecule has 0 saturated heterocycles. The van der Waals surface area contributed by atoms with E-state index in [1.807, 2.05) is 30.5 Å². The van der Waals surface area contributed by atoms with E-state index in [4.69, 9.17) is 5.11 Å². The number of anilines is 2. The van der Waals surface area contributed by atoms with Gasteiger partial charge in [0.2, 0.25) is 0 Å². The highest BCUT2D eigenvalue weighted by Crippen LogP contribution is 2.40. The van der Waals surface area contributed by atoms with Crippen molar-refractivity contribution < 1.29 is 5.11 Å². The number of aryl methyl sites for hydroxylation is 1. The maximum atomic E-state index is 9.82. The van der Waals surface area contributed by atoms with Gasteiger partial charge < -0.3 is 20.7 Å². The highest BCUT2D eigenvalue weighted by molar-refractivity contribution is 7.22. The van der Waals surface area contributed by atoms with E-state index >= 15 is 0 Å². The molecule has 0 spiro atoms. The summed E-state index contributed by atoms with van der Waals surface area (Å²) in [5.41, 5.74) is 6.83. The van der Waals surface area contributed by atoms with Crippen LogP contribution >= 0.6 is 11.3 Å². The molecule has 6 nitrogen and oxygen atoms in total. The zero-order valence-electron chi connectivity index (χ0n) is 18.9. The van der Waals surface area contributed by atoms with Gasteiger partial charge in [-0.05, 0) is 60.8 Å². The Hall–Kier alpha value is -3.70. The van der Waals surface area contributed by atoms with Crippen molar-refractivity contribution in [1.82, 2.24) is 15.3 Å². The molecule has 5 aromatic rings. The molecule has 0 atom stereocenters. The van der Waals surface area contributed by atoms with Gasteiger partial charge in [-0.3, -0.25) is 0 Å². The lowest BCUT2D eigenvalue weighted by Crippen LogP contribution is -2.16. The minimum absolute atomic E-state index is 0.185. The smallest absolute Gasteiger partial charge is 0.126 e. The second-order valence-corrected chi connectivity index (χ2v) is 9.23. The molecule has 170 valence electrons. The molecule has 0 aliphatic rings. The Morgan fingerprint density at radius 2 is 2.03 bits per heavy atom. The average Bonchev–Trinajstić information content (AvgIpc) is 3.52. The van der Waals surface area contributed by atoms with E-state index in [0.717, 1.165) is 68.0 Å². The summed E-state index contributed by atoms with van der Waals surface area (Å²) in [6.07, 6.45) is 4.32. The van der Waals surface area contributed by atoms with Crippen LogP contribution in [-0.4, -0.2) is 28.2 Å². The van der Waals surface area contributed by atoms with Gasteiger partial charge in [0.15, 0.2) is 0 Å². The van der Waals surface area contributed by atoms with E-state index < -0.39 is 0 Å². The molecule has 4 N–H and O–H groups in total. The average molecular weight is 468 g/mol. The number of aromatic amines is 1. The number of aromatic nitrogens is 2. The maximum Gasteiger partial charge on any atom is 0.126 e. The first-order valence-electron chi connectivity index (χ1n) is 11.3. The third kappa shape index (κ3) is 4.15. The Labute approximate surface area is 201 Å². The van der Waals surface area contributed by atoms with E-state index in [0.29, 0.717) is 5.56 Å². The summed E-state index contributed by atoms with van der Waals surface area (Å²) in [5.74, 6) is 0. The van der Waals surface area contributed by atoms with Gasteiger partial charge in [0, 0.05) is 52.4 Å². The van der Waals surface area contributed by atoms with Crippen molar-refractivity contribution in [2.24, 2.45) is 0 Å². The summed E-state index contributed by atoms with van der Waals surface area (Å²) in [7, 11) is 0. The summed E-state index contributed by atoms with van der Waals surface area (Å²) < 4.78 is 0. The third-order valence-electron chi connectivity index (χ3n) is 6.06. The van der Waals surface area contributed by atoms with Crippen molar-refractivity contribution in [2.75, 3.05) is 18.5 Å². The number of thiophene rings is 1. The number of nitrogens with one attached hydrogen (secondary N) is 3. The number of nitriles is 1. The van der Waals surface area contributed by atoms with Gasteiger partial charge in [-0.15, -0.1) is 11.3 Å². The molecule has 0 radical (unpaired) electrons. The second kappa shape index (κ2) is 9.65. The van der Waals surface area contributed by atoms with Gasteiger partial charge in [0.05, 0.1) is 11.3 Å². The van der Waals surface area contributed by atoms with Crippen LogP contribution < -0.4 is 10.6 Å². The van der Waals surface area contributed by atoms with Gasteiger partial charge in [0.25, 0.3) is 0 Å². The van der Waals surface area contributed by atoms with Crippen LogP contribution in [0.15, 0.2) is 60.9 Å². The molecule has 0 bridgehead atoms. The van der Waals surface area contributed by atoms with Crippen LogP contribution in [0.25, 0.3) is 31.6 Å². The number of benzene rings is 2. The Bertz CT molecular complexity index is 1510. The number of fused-ring (bicyclic) bond motifs is 2. The summed E-state index contributed by atoms with van der Waals surface area (Å²) in [5, 5.41) is 27.9. The maximum absolute atomic E-state index is 9.82. The van der Waals surface area contributed by atoms with E-state index in [9.17, 15) is 5.26 Å². The standard InChI is InChI=1S/C27H25N5OS/c1-17-20-9-11-30-24(20)8-7-23(17)32-26-19(14-28)16-31-27-22(26)13-25(34-27)21-6-3-2-5-18(21)15-29-10-4-12-33/h2-3,5-9,11,13,16,29-30,33H,4,10,12,15H2,1H3,(H,31,32). The van der Waals surface area contributed by atoms with Crippen LogP contribution in [0.3, 0.4) is 0 Å². The number of H-pyrrole nitrogens is 1. The summed E-state index contributed by atoms with van der Waals surface area (Å²) in [6.45, 7) is 3.76. The monoisotopic (exact) mass is 467 g/mol. The molecular weight excluding hydrogens is 442 g/mol. The number of hydrogen-bond acceptors (Lipinski definition) is 6. The topological polar surface area (TPSA) is 96.8 Å². The molecule has 3 aromatic heterocycles. The zero-order valence-corrected chi connectivity index (χ0v) is 19.7. The minimum Gasteiger partial charge on any atom is -0.396 e. The van der Waals surface area contributed by atoms with Crippen molar-refractivity contribution in [3.05, 3.63) is 77.6 Å². The quantitative estimate of drug-likeness (QED) is 0.215. The van der Waals surface area contributed by atoms with Crippen LogP contribution in [0.2, 0.25) is 0 Å². The number of hydrogen-bond donors (Lipinski definition) is 4. The lowest BCUT2D eigenvalue weighted by Gasteiger charge is -2.13. The van der Waals surface area contributed by atoms with Crippen LogP contribution in [0, 0.1) is 18.3 Å². The molecule has 2 aromatic carbocycles.